The first kappa shape index (κ1) is 15.1. The van der Waals surface area contributed by atoms with E-state index in [0.717, 1.165) is 31.6 Å². The lowest BCUT2D eigenvalue weighted by Gasteiger charge is -2.13. The van der Waals surface area contributed by atoms with E-state index in [-0.39, 0.29) is 17.8 Å². The fourth-order valence-electron chi connectivity index (χ4n) is 3.00. The number of nitrogens with zero attached hydrogens (tertiary/aromatic N) is 3. The van der Waals surface area contributed by atoms with Crippen molar-refractivity contribution in [3.8, 4) is 0 Å². The third-order valence-corrected chi connectivity index (χ3v) is 4.55. The van der Waals surface area contributed by atoms with Gasteiger partial charge in [-0.15, -0.1) is 0 Å². The molecule has 122 valence electrons. The van der Waals surface area contributed by atoms with E-state index < -0.39 is 0 Å². The highest BCUT2D eigenvalue weighted by Gasteiger charge is 2.28. The van der Waals surface area contributed by atoms with Gasteiger partial charge in [-0.05, 0) is 44.9 Å². The average Bonchev–Trinajstić information content (AvgIpc) is 3.30. The van der Waals surface area contributed by atoms with Crippen LogP contribution in [0.15, 0.2) is 4.79 Å². The van der Waals surface area contributed by atoms with Crippen LogP contribution in [-0.2, 0) is 19.5 Å². The Morgan fingerprint density at radius 3 is 2.95 bits per heavy atom. The zero-order valence-electron chi connectivity index (χ0n) is 13.2. The molecule has 1 fully saturated rings. The van der Waals surface area contributed by atoms with E-state index in [1.807, 2.05) is 6.92 Å². The van der Waals surface area contributed by atoms with Gasteiger partial charge in [-0.3, -0.25) is 4.57 Å². The standard InChI is InChI=1S/C15H25N5O2/c1-11(12-6-7-12)17-14(21)16-8-4-10-20-15(22)19-9-3-2-5-13(19)18-20/h11-12H,2-10H2,1H3,(H2,16,17,21). The number of hydrogen-bond donors (Lipinski definition) is 2. The molecule has 0 spiro atoms. The van der Waals surface area contributed by atoms with Crippen molar-refractivity contribution in [2.75, 3.05) is 6.54 Å². The summed E-state index contributed by atoms with van der Waals surface area (Å²) in [6.07, 6.45) is 6.20. The number of carbonyl (C=O) groups is 1. The smallest absolute Gasteiger partial charge is 0.338 e. The lowest BCUT2D eigenvalue weighted by atomic mass is 10.2. The molecule has 22 heavy (non-hydrogen) atoms. The molecule has 2 aliphatic rings. The lowest BCUT2D eigenvalue weighted by Crippen LogP contribution is -2.42. The first-order valence-corrected chi connectivity index (χ1v) is 8.36. The molecule has 0 saturated heterocycles. The van der Waals surface area contributed by atoms with Crippen molar-refractivity contribution >= 4 is 6.03 Å². The predicted octanol–water partition coefficient (Wildman–Crippen LogP) is 0.869. The van der Waals surface area contributed by atoms with Crippen molar-refractivity contribution < 1.29 is 4.79 Å². The Morgan fingerprint density at radius 1 is 1.41 bits per heavy atom. The van der Waals surface area contributed by atoms with E-state index in [1.54, 1.807) is 4.57 Å². The Hall–Kier alpha value is -1.79. The van der Waals surface area contributed by atoms with Crippen LogP contribution in [-0.4, -0.2) is 33.0 Å². The Balaban J connectivity index is 1.40. The number of fused-ring (bicyclic) bond motifs is 1. The van der Waals surface area contributed by atoms with Crippen LogP contribution >= 0.6 is 0 Å². The summed E-state index contributed by atoms with van der Waals surface area (Å²) in [5, 5.41) is 10.2. The monoisotopic (exact) mass is 307 g/mol. The van der Waals surface area contributed by atoms with Gasteiger partial charge in [0.15, 0.2) is 0 Å². The molecule has 0 bridgehead atoms. The van der Waals surface area contributed by atoms with Gasteiger partial charge in [-0.1, -0.05) is 0 Å². The fourth-order valence-corrected chi connectivity index (χ4v) is 3.00. The van der Waals surface area contributed by atoms with Gasteiger partial charge in [0.1, 0.15) is 5.82 Å². The number of hydrogen-bond acceptors (Lipinski definition) is 3. The third kappa shape index (κ3) is 3.51. The van der Waals surface area contributed by atoms with E-state index in [2.05, 4.69) is 15.7 Å². The largest absolute Gasteiger partial charge is 0.345 e. The zero-order chi connectivity index (χ0) is 15.5. The van der Waals surface area contributed by atoms with Crippen LogP contribution in [0.5, 0.6) is 0 Å². The maximum Gasteiger partial charge on any atom is 0.345 e. The predicted molar refractivity (Wildman–Crippen MR) is 82.8 cm³/mol. The van der Waals surface area contributed by atoms with Crippen molar-refractivity contribution in [3.05, 3.63) is 16.3 Å². The van der Waals surface area contributed by atoms with Crippen LogP contribution in [0.25, 0.3) is 0 Å². The number of aryl methyl sites for hydroxylation is 2. The molecule has 2 N–H and O–H groups in total. The molecule has 1 aromatic heterocycles. The van der Waals surface area contributed by atoms with E-state index in [0.29, 0.717) is 25.4 Å². The summed E-state index contributed by atoms with van der Waals surface area (Å²) in [5.74, 6) is 1.56. The first-order valence-electron chi connectivity index (χ1n) is 8.36. The minimum Gasteiger partial charge on any atom is -0.338 e. The quantitative estimate of drug-likeness (QED) is 0.765. The second kappa shape index (κ2) is 6.54. The van der Waals surface area contributed by atoms with Crippen LogP contribution in [0.1, 0.15) is 44.9 Å². The highest BCUT2D eigenvalue weighted by molar-refractivity contribution is 5.74. The molecule has 7 nitrogen and oxygen atoms in total. The highest BCUT2D eigenvalue weighted by atomic mass is 16.2. The van der Waals surface area contributed by atoms with Crippen molar-refractivity contribution in [2.24, 2.45) is 5.92 Å². The van der Waals surface area contributed by atoms with Crippen LogP contribution in [0.4, 0.5) is 4.79 Å². The van der Waals surface area contributed by atoms with Crippen LogP contribution in [0, 0.1) is 5.92 Å². The Labute approximate surface area is 130 Å². The highest BCUT2D eigenvalue weighted by Crippen LogP contribution is 2.32. The summed E-state index contributed by atoms with van der Waals surface area (Å²) in [6.45, 7) is 3.94. The first-order chi connectivity index (χ1) is 10.6. The SMILES string of the molecule is CC(NC(=O)NCCCn1nc2n(c1=O)CCCC2)C1CC1. The second-order valence-corrected chi connectivity index (χ2v) is 6.41. The maximum absolute atomic E-state index is 12.1. The molecule has 0 radical (unpaired) electrons. The van der Waals surface area contributed by atoms with Gasteiger partial charge in [-0.2, -0.15) is 5.10 Å². The minimum atomic E-state index is -0.115. The molecule has 2 amide bonds. The molecule has 7 heteroatoms. The third-order valence-electron chi connectivity index (χ3n) is 4.55. The fraction of sp³-hybridized carbons (Fsp3) is 0.800. The van der Waals surface area contributed by atoms with Gasteiger partial charge in [0.2, 0.25) is 0 Å². The van der Waals surface area contributed by atoms with Crippen molar-refractivity contribution in [1.82, 2.24) is 25.0 Å². The maximum atomic E-state index is 12.1. The molecule has 1 aliphatic carbocycles. The molecule has 1 atom stereocenters. The van der Waals surface area contributed by atoms with Crippen LogP contribution in [0.2, 0.25) is 0 Å². The summed E-state index contributed by atoms with van der Waals surface area (Å²) >= 11 is 0. The summed E-state index contributed by atoms with van der Waals surface area (Å²) in [6, 6.07) is 0.137. The van der Waals surface area contributed by atoms with Gasteiger partial charge in [0.05, 0.1) is 0 Å². The van der Waals surface area contributed by atoms with E-state index in [4.69, 9.17) is 0 Å². The number of urea groups is 1. The topological polar surface area (TPSA) is 81.0 Å². The summed E-state index contributed by atoms with van der Waals surface area (Å²) in [7, 11) is 0. The number of aromatic nitrogens is 3. The van der Waals surface area contributed by atoms with Gasteiger partial charge in [-0.25, -0.2) is 14.3 Å². The zero-order valence-corrected chi connectivity index (χ0v) is 13.2. The average molecular weight is 307 g/mol. The lowest BCUT2D eigenvalue weighted by molar-refractivity contribution is 0.236. The number of nitrogens with one attached hydrogen (secondary N) is 2. The van der Waals surface area contributed by atoms with E-state index in [9.17, 15) is 9.59 Å². The minimum absolute atomic E-state index is 0.0125. The molecule has 1 unspecified atom stereocenters. The van der Waals surface area contributed by atoms with Gasteiger partial charge in [0, 0.05) is 32.1 Å². The van der Waals surface area contributed by atoms with E-state index in [1.165, 1.54) is 17.5 Å². The summed E-state index contributed by atoms with van der Waals surface area (Å²) in [4.78, 5) is 23.8. The number of amides is 2. The number of rotatable bonds is 6. The Bertz CT molecular complexity index is 587. The molecular weight excluding hydrogens is 282 g/mol. The van der Waals surface area contributed by atoms with Gasteiger partial charge >= 0.3 is 11.7 Å². The molecule has 1 aromatic rings. The van der Waals surface area contributed by atoms with Crippen LogP contribution in [0.3, 0.4) is 0 Å². The Kier molecular flexibility index (Phi) is 4.49. The van der Waals surface area contributed by atoms with Crippen LogP contribution < -0.4 is 16.3 Å². The molecular formula is C15H25N5O2. The molecule has 1 aliphatic heterocycles. The van der Waals surface area contributed by atoms with Crippen molar-refractivity contribution in [1.29, 1.82) is 0 Å². The number of carbonyl (C=O) groups excluding carboxylic acids is 1. The van der Waals surface area contributed by atoms with E-state index >= 15 is 0 Å². The Morgan fingerprint density at radius 2 is 2.23 bits per heavy atom. The van der Waals surface area contributed by atoms with Gasteiger partial charge in [0.25, 0.3) is 0 Å². The molecule has 3 rings (SSSR count). The van der Waals surface area contributed by atoms with Crippen molar-refractivity contribution in [2.45, 2.75) is 64.6 Å². The summed E-state index contributed by atoms with van der Waals surface area (Å²) < 4.78 is 3.31. The summed E-state index contributed by atoms with van der Waals surface area (Å²) in [5.41, 5.74) is -0.0125. The van der Waals surface area contributed by atoms with Gasteiger partial charge < -0.3 is 10.6 Å². The molecule has 0 aromatic carbocycles. The molecule has 2 heterocycles. The molecule has 1 saturated carbocycles. The second-order valence-electron chi connectivity index (χ2n) is 6.41. The normalized spacial score (nSPS) is 18.6. The van der Waals surface area contributed by atoms with Crippen molar-refractivity contribution in [3.63, 3.8) is 0 Å².